The fraction of sp³-hybridized carbons (Fsp3) is 0.308. The molecule has 0 N–H and O–H groups in total. The van der Waals surface area contributed by atoms with Crippen LogP contribution in [0.2, 0.25) is 0 Å². The van der Waals surface area contributed by atoms with Gasteiger partial charge < -0.3 is 4.74 Å². The van der Waals surface area contributed by atoms with Gasteiger partial charge in [-0.2, -0.15) is 0 Å². The molecule has 2 heteroatoms. The van der Waals surface area contributed by atoms with Crippen LogP contribution in [-0.2, 0) is 4.74 Å². The zero-order valence-corrected chi connectivity index (χ0v) is 9.10. The van der Waals surface area contributed by atoms with Crippen molar-refractivity contribution in [2.24, 2.45) is 4.99 Å². The molecule has 0 bridgehead atoms. The molecule has 1 aromatic carbocycles. The van der Waals surface area contributed by atoms with Gasteiger partial charge in [-0.25, -0.2) is 4.99 Å². The first-order valence-electron chi connectivity index (χ1n) is 5.11. The molecule has 0 spiro atoms. The lowest BCUT2D eigenvalue weighted by molar-refractivity contribution is 0.280. The predicted molar refractivity (Wildman–Crippen MR) is 62.9 cm³/mol. The summed E-state index contributed by atoms with van der Waals surface area (Å²) in [7, 11) is 0. The van der Waals surface area contributed by atoms with Crippen LogP contribution in [0.15, 0.2) is 41.4 Å². The quantitative estimate of drug-likeness (QED) is 0.721. The Morgan fingerprint density at radius 1 is 1.20 bits per heavy atom. The fourth-order valence-corrected chi connectivity index (χ4v) is 1.43. The molecule has 2 rings (SSSR count). The third-order valence-electron chi connectivity index (χ3n) is 2.20. The highest BCUT2D eigenvalue weighted by Crippen LogP contribution is 2.17. The number of benzene rings is 1. The van der Waals surface area contributed by atoms with Crippen LogP contribution in [0, 0.1) is 0 Å². The second-order valence-corrected chi connectivity index (χ2v) is 4.30. The van der Waals surface area contributed by atoms with Gasteiger partial charge >= 0.3 is 0 Å². The standard InChI is InChI=1S/C13H15NO/c1-13(2)10-15-12(14-13)9-8-11-6-4-3-5-7-11/h3-9H,10H2,1-2H3. The smallest absolute Gasteiger partial charge is 0.209 e. The summed E-state index contributed by atoms with van der Waals surface area (Å²) in [5.41, 5.74) is 1.09. The SMILES string of the molecule is CC1(C)COC(C=Cc2ccccc2)=N1. The Balaban J connectivity index is 2.08. The Morgan fingerprint density at radius 3 is 2.53 bits per heavy atom. The minimum Gasteiger partial charge on any atom is -0.475 e. The largest absolute Gasteiger partial charge is 0.475 e. The van der Waals surface area contributed by atoms with Crippen LogP contribution in [0.5, 0.6) is 0 Å². The number of hydrogen-bond donors (Lipinski definition) is 0. The first-order valence-corrected chi connectivity index (χ1v) is 5.11. The summed E-state index contributed by atoms with van der Waals surface area (Å²) in [5, 5.41) is 0. The van der Waals surface area contributed by atoms with Crippen LogP contribution in [0.4, 0.5) is 0 Å². The molecule has 0 saturated heterocycles. The molecule has 1 aliphatic heterocycles. The van der Waals surface area contributed by atoms with Crippen molar-refractivity contribution in [3.05, 3.63) is 42.0 Å². The zero-order chi connectivity index (χ0) is 10.7. The average molecular weight is 201 g/mol. The molecule has 0 aromatic heterocycles. The molecule has 0 amide bonds. The summed E-state index contributed by atoms with van der Waals surface area (Å²) < 4.78 is 5.45. The highest BCUT2D eigenvalue weighted by atomic mass is 16.5. The molecule has 0 unspecified atom stereocenters. The number of rotatable bonds is 2. The van der Waals surface area contributed by atoms with Crippen LogP contribution in [0.25, 0.3) is 6.08 Å². The van der Waals surface area contributed by atoms with E-state index < -0.39 is 0 Å². The van der Waals surface area contributed by atoms with Gasteiger partial charge in [0.25, 0.3) is 0 Å². The van der Waals surface area contributed by atoms with Crippen molar-refractivity contribution in [1.82, 2.24) is 0 Å². The number of nitrogens with zero attached hydrogens (tertiary/aromatic N) is 1. The normalized spacial score (nSPS) is 18.9. The van der Waals surface area contributed by atoms with Gasteiger partial charge in [-0.3, -0.25) is 0 Å². The van der Waals surface area contributed by atoms with Crippen LogP contribution in [-0.4, -0.2) is 18.0 Å². The van der Waals surface area contributed by atoms with Crippen molar-refractivity contribution >= 4 is 12.0 Å². The van der Waals surface area contributed by atoms with E-state index in [1.165, 1.54) is 0 Å². The Morgan fingerprint density at radius 2 is 1.93 bits per heavy atom. The maximum atomic E-state index is 5.45. The van der Waals surface area contributed by atoms with E-state index >= 15 is 0 Å². The maximum absolute atomic E-state index is 5.45. The molecule has 1 heterocycles. The van der Waals surface area contributed by atoms with E-state index in [1.54, 1.807) is 0 Å². The van der Waals surface area contributed by atoms with Gasteiger partial charge in [-0.15, -0.1) is 0 Å². The van der Waals surface area contributed by atoms with Gasteiger partial charge in [0.05, 0.1) is 5.54 Å². The van der Waals surface area contributed by atoms with E-state index in [9.17, 15) is 0 Å². The molecule has 0 saturated carbocycles. The van der Waals surface area contributed by atoms with Gasteiger partial charge in [-0.05, 0) is 25.5 Å². The van der Waals surface area contributed by atoms with Crippen LogP contribution < -0.4 is 0 Å². The maximum Gasteiger partial charge on any atom is 0.209 e. The molecule has 1 aromatic rings. The summed E-state index contributed by atoms with van der Waals surface area (Å²) in [5.74, 6) is 0.726. The van der Waals surface area contributed by atoms with Crippen LogP contribution in [0.1, 0.15) is 19.4 Å². The van der Waals surface area contributed by atoms with E-state index in [4.69, 9.17) is 4.74 Å². The van der Waals surface area contributed by atoms with Gasteiger partial charge in [0.1, 0.15) is 6.61 Å². The molecule has 1 aliphatic rings. The Hall–Kier alpha value is -1.57. The van der Waals surface area contributed by atoms with Crippen molar-refractivity contribution < 1.29 is 4.74 Å². The van der Waals surface area contributed by atoms with E-state index in [-0.39, 0.29) is 5.54 Å². The second-order valence-electron chi connectivity index (χ2n) is 4.30. The van der Waals surface area contributed by atoms with Crippen molar-refractivity contribution in [3.8, 4) is 0 Å². The third-order valence-corrected chi connectivity index (χ3v) is 2.20. The molecule has 15 heavy (non-hydrogen) atoms. The average Bonchev–Trinajstić information content (AvgIpc) is 2.57. The van der Waals surface area contributed by atoms with Gasteiger partial charge in [-0.1, -0.05) is 30.3 Å². The van der Waals surface area contributed by atoms with Crippen LogP contribution in [0.3, 0.4) is 0 Å². The van der Waals surface area contributed by atoms with Crippen molar-refractivity contribution in [2.45, 2.75) is 19.4 Å². The molecule has 0 radical (unpaired) electrons. The summed E-state index contributed by atoms with van der Waals surface area (Å²) >= 11 is 0. The third kappa shape index (κ3) is 2.69. The lowest BCUT2D eigenvalue weighted by atomic mass is 10.1. The second kappa shape index (κ2) is 3.89. The first-order chi connectivity index (χ1) is 7.16. The predicted octanol–water partition coefficient (Wildman–Crippen LogP) is 2.91. The first kappa shape index (κ1) is 9.97. The molecule has 2 nitrogen and oxygen atoms in total. The topological polar surface area (TPSA) is 21.6 Å². The summed E-state index contributed by atoms with van der Waals surface area (Å²) in [6.45, 7) is 4.80. The minimum atomic E-state index is -0.0731. The minimum absolute atomic E-state index is 0.0731. The van der Waals surface area contributed by atoms with Gasteiger partial charge in [0, 0.05) is 6.08 Å². The number of aliphatic imine (C=N–C) groups is 1. The Bertz CT molecular complexity index is 390. The van der Waals surface area contributed by atoms with E-state index in [2.05, 4.69) is 31.0 Å². The lowest BCUT2D eigenvalue weighted by Crippen LogP contribution is -2.17. The molecule has 78 valence electrons. The Labute approximate surface area is 90.3 Å². The highest BCUT2D eigenvalue weighted by molar-refractivity contribution is 5.93. The van der Waals surface area contributed by atoms with Gasteiger partial charge in [0.15, 0.2) is 0 Å². The Kier molecular flexibility index (Phi) is 2.58. The zero-order valence-electron chi connectivity index (χ0n) is 9.10. The molecule has 0 aliphatic carbocycles. The number of ether oxygens (including phenoxy) is 1. The van der Waals surface area contributed by atoms with E-state index in [0.29, 0.717) is 6.61 Å². The van der Waals surface area contributed by atoms with Crippen molar-refractivity contribution in [2.75, 3.05) is 6.61 Å². The molecular formula is C13H15NO. The lowest BCUT2D eigenvalue weighted by Gasteiger charge is -2.07. The summed E-state index contributed by atoms with van der Waals surface area (Å²) in [6, 6.07) is 10.1. The molecule has 0 fully saturated rings. The highest BCUT2D eigenvalue weighted by Gasteiger charge is 2.24. The van der Waals surface area contributed by atoms with Crippen molar-refractivity contribution in [1.29, 1.82) is 0 Å². The van der Waals surface area contributed by atoms with Gasteiger partial charge in [0.2, 0.25) is 5.90 Å². The molecule has 0 atom stereocenters. The summed E-state index contributed by atoms with van der Waals surface area (Å²) in [4.78, 5) is 4.44. The van der Waals surface area contributed by atoms with Crippen molar-refractivity contribution in [3.63, 3.8) is 0 Å². The van der Waals surface area contributed by atoms with E-state index in [0.717, 1.165) is 11.5 Å². The number of hydrogen-bond acceptors (Lipinski definition) is 2. The monoisotopic (exact) mass is 201 g/mol. The van der Waals surface area contributed by atoms with E-state index in [1.807, 2.05) is 30.4 Å². The van der Waals surface area contributed by atoms with Crippen LogP contribution >= 0.6 is 0 Å². The fourth-order valence-electron chi connectivity index (χ4n) is 1.43. The molecular weight excluding hydrogens is 186 g/mol. The summed E-state index contributed by atoms with van der Waals surface area (Å²) in [6.07, 6.45) is 3.93.